The standard InChI is InChI=1S/C22H27N5O/c1-15-21(26-13-6-5-12-20(26)23-15)22(28)27(16-8-3-4-9-16)14-18-17-10-7-11-19(17)25(2)24-18/h5-6,12-13,16H,3-4,7-11,14H2,1-2H3. The van der Waals surface area contributed by atoms with Crippen LogP contribution in [0.3, 0.4) is 0 Å². The number of imidazole rings is 1. The quantitative estimate of drug-likeness (QED) is 0.700. The third-order valence-corrected chi connectivity index (χ3v) is 6.45. The molecule has 3 heterocycles. The number of fused-ring (bicyclic) bond motifs is 2. The van der Waals surface area contributed by atoms with E-state index < -0.39 is 0 Å². The Kier molecular flexibility index (Phi) is 4.22. The first kappa shape index (κ1) is 17.5. The van der Waals surface area contributed by atoms with Gasteiger partial charge in [-0.15, -0.1) is 0 Å². The van der Waals surface area contributed by atoms with E-state index in [2.05, 4.69) is 9.88 Å². The first-order valence-electron chi connectivity index (χ1n) is 10.4. The Labute approximate surface area is 165 Å². The molecule has 5 rings (SSSR count). The van der Waals surface area contributed by atoms with Gasteiger partial charge in [0.1, 0.15) is 11.3 Å². The number of nitrogens with zero attached hydrogens (tertiary/aromatic N) is 5. The molecule has 0 aromatic carbocycles. The van der Waals surface area contributed by atoms with Crippen molar-refractivity contribution >= 4 is 11.6 Å². The Bertz CT molecular complexity index is 1040. The molecule has 0 aliphatic heterocycles. The monoisotopic (exact) mass is 377 g/mol. The number of hydrogen-bond donors (Lipinski definition) is 0. The summed E-state index contributed by atoms with van der Waals surface area (Å²) in [6.45, 7) is 2.54. The second-order valence-electron chi connectivity index (χ2n) is 8.20. The van der Waals surface area contributed by atoms with Gasteiger partial charge in [0.05, 0.1) is 17.9 Å². The summed E-state index contributed by atoms with van der Waals surface area (Å²) in [7, 11) is 2.03. The average molecular weight is 377 g/mol. The van der Waals surface area contributed by atoms with Crippen LogP contribution in [-0.2, 0) is 26.4 Å². The van der Waals surface area contributed by atoms with Crippen molar-refractivity contribution < 1.29 is 4.79 Å². The van der Waals surface area contributed by atoms with E-state index in [-0.39, 0.29) is 5.91 Å². The van der Waals surface area contributed by atoms with Crippen molar-refractivity contribution in [2.75, 3.05) is 0 Å². The van der Waals surface area contributed by atoms with Gasteiger partial charge in [0.2, 0.25) is 0 Å². The molecule has 2 aliphatic carbocycles. The van der Waals surface area contributed by atoms with E-state index in [1.54, 1.807) is 0 Å². The third-order valence-electron chi connectivity index (χ3n) is 6.45. The first-order chi connectivity index (χ1) is 13.6. The smallest absolute Gasteiger partial charge is 0.273 e. The predicted octanol–water partition coefficient (Wildman–Crippen LogP) is 3.45. The molecule has 146 valence electrons. The minimum atomic E-state index is 0.0838. The lowest BCUT2D eigenvalue weighted by Crippen LogP contribution is -2.39. The minimum Gasteiger partial charge on any atom is -0.328 e. The van der Waals surface area contributed by atoms with Gasteiger partial charge >= 0.3 is 0 Å². The highest BCUT2D eigenvalue weighted by molar-refractivity contribution is 5.95. The van der Waals surface area contributed by atoms with Crippen LogP contribution in [0, 0.1) is 6.92 Å². The Morgan fingerprint density at radius 3 is 2.86 bits per heavy atom. The fourth-order valence-corrected chi connectivity index (χ4v) is 5.08. The maximum absolute atomic E-state index is 13.8. The number of carbonyl (C=O) groups excluding carboxylic acids is 1. The Morgan fingerprint density at radius 1 is 1.21 bits per heavy atom. The zero-order valence-electron chi connectivity index (χ0n) is 16.7. The fraction of sp³-hybridized carbons (Fsp3) is 0.500. The molecule has 0 radical (unpaired) electrons. The van der Waals surface area contributed by atoms with Crippen molar-refractivity contribution in [1.29, 1.82) is 0 Å². The van der Waals surface area contributed by atoms with Crippen LogP contribution in [0.5, 0.6) is 0 Å². The molecule has 2 aliphatic rings. The summed E-state index contributed by atoms with van der Waals surface area (Å²) in [5.41, 5.74) is 6.11. The molecule has 0 saturated heterocycles. The van der Waals surface area contributed by atoms with Gasteiger partial charge in [-0.3, -0.25) is 13.9 Å². The van der Waals surface area contributed by atoms with Crippen molar-refractivity contribution in [2.45, 2.75) is 64.5 Å². The lowest BCUT2D eigenvalue weighted by molar-refractivity contribution is 0.0653. The van der Waals surface area contributed by atoms with Crippen LogP contribution in [0.1, 0.15) is 65.2 Å². The van der Waals surface area contributed by atoms with E-state index in [1.165, 1.54) is 30.5 Å². The van der Waals surface area contributed by atoms with Crippen molar-refractivity contribution in [1.82, 2.24) is 24.1 Å². The summed E-state index contributed by atoms with van der Waals surface area (Å²) >= 11 is 0. The van der Waals surface area contributed by atoms with E-state index in [9.17, 15) is 4.79 Å². The van der Waals surface area contributed by atoms with Gasteiger partial charge in [-0.05, 0) is 56.7 Å². The topological polar surface area (TPSA) is 55.4 Å². The lowest BCUT2D eigenvalue weighted by atomic mass is 10.1. The molecular formula is C22H27N5O. The van der Waals surface area contributed by atoms with Crippen molar-refractivity contribution in [3.8, 4) is 0 Å². The van der Waals surface area contributed by atoms with Gasteiger partial charge < -0.3 is 4.90 Å². The molecular weight excluding hydrogens is 350 g/mol. The highest BCUT2D eigenvalue weighted by Crippen LogP contribution is 2.30. The SMILES string of the molecule is Cc1nc2ccccn2c1C(=O)N(Cc1nn(C)c2c1CCC2)C1CCCC1. The molecule has 1 amide bonds. The van der Waals surface area contributed by atoms with Crippen molar-refractivity contribution in [2.24, 2.45) is 7.05 Å². The molecule has 0 spiro atoms. The Balaban J connectivity index is 1.54. The normalized spacial score (nSPS) is 16.8. The molecule has 1 saturated carbocycles. The molecule has 0 N–H and O–H groups in total. The molecule has 28 heavy (non-hydrogen) atoms. The van der Waals surface area contributed by atoms with Crippen LogP contribution in [-0.4, -0.2) is 36.0 Å². The molecule has 3 aromatic rings. The summed E-state index contributed by atoms with van der Waals surface area (Å²) in [5, 5.41) is 4.79. The van der Waals surface area contributed by atoms with Gasteiger partial charge in [0.15, 0.2) is 0 Å². The van der Waals surface area contributed by atoms with Gasteiger partial charge in [-0.25, -0.2) is 4.98 Å². The molecule has 6 nitrogen and oxygen atoms in total. The van der Waals surface area contributed by atoms with Crippen LogP contribution in [0.2, 0.25) is 0 Å². The number of carbonyl (C=O) groups is 1. The van der Waals surface area contributed by atoms with Crippen LogP contribution in [0.4, 0.5) is 0 Å². The molecule has 0 atom stereocenters. The number of hydrogen-bond acceptors (Lipinski definition) is 3. The third kappa shape index (κ3) is 2.74. The second-order valence-corrected chi connectivity index (χ2v) is 8.20. The van der Waals surface area contributed by atoms with E-state index in [0.717, 1.165) is 42.7 Å². The second kappa shape index (κ2) is 6.76. The highest BCUT2D eigenvalue weighted by Gasteiger charge is 2.32. The summed E-state index contributed by atoms with van der Waals surface area (Å²) in [5.74, 6) is 0.0838. The molecule has 6 heteroatoms. The van der Waals surface area contributed by atoms with E-state index in [1.807, 2.05) is 47.4 Å². The van der Waals surface area contributed by atoms with Crippen molar-refractivity contribution in [3.63, 3.8) is 0 Å². The van der Waals surface area contributed by atoms with Gasteiger partial charge in [-0.1, -0.05) is 18.9 Å². The lowest BCUT2D eigenvalue weighted by Gasteiger charge is -2.29. The van der Waals surface area contributed by atoms with Gasteiger partial charge in [0.25, 0.3) is 5.91 Å². The fourth-order valence-electron chi connectivity index (χ4n) is 5.08. The van der Waals surface area contributed by atoms with Gasteiger partial charge in [-0.2, -0.15) is 5.10 Å². The maximum Gasteiger partial charge on any atom is 0.273 e. The predicted molar refractivity (Wildman–Crippen MR) is 107 cm³/mol. The number of amides is 1. The Morgan fingerprint density at radius 2 is 2.04 bits per heavy atom. The van der Waals surface area contributed by atoms with Gasteiger partial charge in [0, 0.05) is 25.0 Å². The average Bonchev–Trinajstić information content (AvgIpc) is 3.45. The number of aromatic nitrogens is 4. The van der Waals surface area contributed by atoms with Crippen LogP contribution >= 0.6 is 0 Å². The Hall–Kier alpha value is -2.63. The summed E-state index contributed by atoms with van der Waals surface area (Å²) < 4.78 is 3.96. The van der Waals surface area contributed by atoms with Crippen LogP contribution in [0.25, 0.3) is 5.65 Å². The molecule has 0 bridgehead atoms. The number of pyridine rings is 1. The highest BCUT2D eigenvalue weighted by atomic mass is 16.2. The van der Waals surface area contributed by atoms with E-state index in [0.29, 0.717) is 18.3 Å². The molecule has 1 fully saturated rings. The van der Waals surface area contributed by atoms with Crippen LogP contribution < -0.4 is 0 Å². The zero-order valence-corrected chi connectivity index (χ0v) is 16.7. The van der Waals surface area contributed by atoms with E-state index in [4.69, 9.17) is 5.10 Å². The maximum atomic E-state index is 13.8. The minimum absolute atomic E-state index is 0.0838. The first-order valence-corrected chi connectivity index (χ1v) is 10.4. The van der Waals surface area contributed by atoms with Crippen LogP contribution in [0.15, 0.2) is 24.4 Å². The largest absolute Gasteiger partial charge is 0.328 e. The zero-order chi connectivity index (χ0) is 19.3. The summed E-state index contributed by atoms with van der Waals surface area (Å²) in [4.78, 5) is 20.5. The number of rotatable bonds is 4. The molecule has 0 unspecified atom stereocenters. The van der Waals surface area contributed by atoms with Crippen molar-refractivity contribution in [3.05, 3.63) is 52.7 Å². The summed E-state index contributed by atoms with van der Waals surface area (Å²) in [6, 6.07) is 6.16. The number of aryl methyl sites for hydroxylation is 2. The summed E-state index contributed by atoms with van der Waals surface area (Å²) in [6.07, 6.45) is 9.86. The van der Waals surface area contributed by atoms with E-state index >= 15 is 0 Å². The molecule has 3 aromatic heterocycles.